The average molecular weight is 439 g/mol. The van der Waals surface area contributed by atoms with Crippen molar-refractivity contribution in [3.63, 3.8) is 0 Å². The van der Waals surface area contributed by atoms with Crippen LogP contribution in [-0.4, -0.2) is 26.8 Å². The first-order valence-corrected chi connectivity index (χ1v) is 9.19. The molecular weight excluding hydrogens is 425 g/mol. The number of hydrogen-bond donors (Lipinski definition) is 2. The van der Waals surface area contributed by atoms with Gasteiger partial charge in [-0.2, -0.15) is 0 Å². The molecule has 10 heteroatoms. The maximum Gasteiger partial charge on any atom is 0.278 e. The second-order valence-corrected chi connectivity index (χ2v) is 7.09. The molecule has 1 heterocycles. The molecule has 3 rings (SSSR count). The van der Waals surface area contributed by atoms with Gasteiger partial charge in [0.15, 0.2) is 5.69 Å². The van der Waals surface area contributed by atoms with Crippen LogP contribution < -0.4 is 10.6 Å². The quantitative estimate of drug-likeness (QED) is 0.616. The predicted molar refractivity (Wildman–Crippen MR) is 109 cm³/mol. The molecule has 0 unspecified atom stereocenters. The van der Waals surface area contributed by atoms with Gasteiger partial charge in [-0.25, -0.2) is 4.68 Å². The molecule has 2 amide bonds. The van der Waals surface area contributed by atoms with E-state index in [0.29, 0.717) is 32.1 Å². The topological polar surface area (TPSA) is 88.9 Å². The SMILES string of the molecule is Cc1c(C(=O)Nc2cc(Cl)ccc2Cl)nnn1CC(=O)Nc1ccc(Cl)cc1. The van der Waals surface area contributed by atoms with Crippen molar-refractivity contribution in [2.24, 2.45) is 0 Å². The van der Waals surface area contributed by atoms with Crippen molar-refractivity contribution in [1.29, 1.82) is 0 Å². The summed E-state index contributed by atoms with van der Waals surface area (Å²) < 4.78 is 1.33. The summed E-state index contributed by atoms with van der Waals surface area (Å²) in [5.74, 6) is -0.828. The summed E-state index contributed by atoms with van der Waals surface area (Å²) in [7, 11) is 0. The van der Waals surface area contributed by atoms with Crippen LogP contribution in [0.4, 0.5) is 11.4 Å². The number of hydrogen-bond acceptors (Lipinski definition) is 4. The van der Waals surface area contributed by atoms with Crippen LogP contribution in [0.25, 0.3) is 0 Å². The minimum Gasteiger partial charge on any atom is -0.324 e. The fourth-order valence-corrected chi connectivity index (χ4v) is 2.83. The smallest absolute Gasteiger partial charge is 0.278 e. The summed E-state index contributed by atoms with van der Waals surface area (Å²) in [6.45, 7) is 1.54. The Hall–Kier alpha value is -2.61. The summed E-state index contributed by atoms with van der Waals surface area (Å²) in [5.41, 5.74) is 1.46. The van der Waals surface area contributed by atoms with Crippen molar-refractivity contribution >= 4 is 58.0 Å². The lowest BCUT2D eigenvalue weighted by Crippen LogP contribution is -2.21. The molecular formula is C18H14Cl3N5O2. The van der Waals surface area contributed by atoms with Gasteiger partial charge >= 0.3 is 0 Å². The van der Waals surface area contributed by atoms with E-state index in [1.165, 1.54) is 10.7 Å². The molecule has 0 saturated carbocycles. The zero-order chi connectivity index (χ0) is 20.3. The van der Waals surface area contributed by atoms with Crippen molar-refractivity contribution in [2.45, 2.75) is 13.5 Å². The molecule has 28 heavy (non-hydrogen) atoms. The monoisotopic (exact) mass is 437 g/mol. The van der Waals surface area contributed by atoms with Crippen LogP contribution >= 0.6 is 34.8 Å². The molecule has 144 valence electrons. The number of amides is 2. The van der Waals surface area contributed by atoms with Gasteiger partial charge in [0, 0.05) is 15.7 Å². The van der Waals surface area contributed by atoms with Crippen LogP contribution in [0.2, 0.25) is 15.1 Å². The van der Waals surface area contributed by atoms with E-state index in [-0.39, 0.29) is 18.1 Å². The minimum atomic E-state index is -0.508. The van der Waals surface area contributed by atoms with E-state index in [1.54, 1.807) is 43.3 Å². The average Bonchev–Trinajstić information content (AvgIpc) is 3.00. The summed E-state index contributed by atoms with van der Waals surface area (Å²) in [6, 6.07) is 11.4. The highest BCUT2D eigenvalue weighted by molar-refractivity contribution is 6.35. The first-order chi connectivity index (χ1) is 13.3. The van der Waals surface area contributed by atoms with Crippen LogP contribution in [0.3, 0.4) is 0 Å². The standard InChI is InChI=1S/C18H14Cl3N5O2/c1-10-17(18(28)23-15-8-12(20)4-7-14(15)21)24-25-26(10)9-16(27)22-13-5-2-11(19)3-6-13/h2-8H,9H2,1H3,(H,22,27)(H,23,28). The van der Waals surface area contributed by atoms with E-state index >= 15 is 0 Å². The number of carbonyl (C=O) groups excluding carboxylic acids is 2. The van der Waals surface area contributed by atoms with Crippen molar-refractivity contribution in [3.05, 3.63) is 68.9 Å². The Morgan fingerprint density at radius 2 is 1.68 bits per heavy atom. The van der Waals surface area contributed by atoms with Gasteiger partial charge in [0.2, 0.25) is 5.91 Å². The van der Waals surface area contributed by atoms with E-state index in [9.17, 15) is 9.59 Å². The normalized spacial score (nSPS) is 10.6. The number of rotatable bonds is 5. The summed E-state index contributed by atoms with van der Waals surface area (Å²) in [5, 5.41) is 14.4. The van der Waals surface area contributed by atoms with E-state index < -0.39 is 5.91 Å². The summed E-state index contributed by atoms with van der Waals surface area (Å²) >= 11 is 17.8. The lowest BCUT2D eigenvalue weighted by molar-refractivity contribution is -0.117. The van der Waals surface area contributed by atoms with Crippen molar-refractivity contribution in [2.75, 3.05) is 10.6 Å². The maximum absolute atomic E-state index is 12.5. The molecule has 0 radical (unpaired) electrons. The Balaban J connectivity index is 1.69. The fraction of sp³-hybridized carbons (Fsp3) is 0.111. The lowest BCUT2D eigenvalue weighted by atomic mass is 10.2. The first kappa shape index (κ1) is 20.1. The van der Waals surface area contributed by atoms with Gasteiger partial charge in [0.25, 0.3) is 5.91 Å². The highest BCUT2D eigenvalue weighted by Crippen LogP contribution is 2.26. The van der Waals surface area contributed by atoms with Gasteiger partial charge in [0.1, 0.15) is 6.54 Å². The number of aromatic nitrogens is 3. The van der Waals surface area contributed by atoms with E-state index in [2.05, 4.69) is 20.9 Å². The van der Waals surface area contributed by atoms with Crippen LogP contribution in [0, 0.1) is 6.92 Å². The van der Waals surface area contributed by atoms with Gasteiger partial charge in [-0.15, -0.1) is 5.10 Å². The van der Waals surface area contributed by atoms with E-state index in [0.717, 1.165) is 0 Å². The lowest BCUT2D eigenvalue weighted by Gasteiger charge is -2.08. The Kier molecular flexibility index (Phi) is 6.18. The Morgan fingerprint density at radius 1 is 1.00 bits per heavy atom. The molecule has 0 spiro atoms. The molecule has 0 atom stereocenters. The van der Waals surface area contributed by atoms with Crippen LogP contribution in [0.15, 0.2) is 42.5 Å². The van der Waals surface area contributed by atoms with Crippen LogP contribution in [0.5, 0.6) is 0 Å². The van der Waals surface area contributed by atoms with Crippen LogP contribution in [-0.2, 0) is 11.3 Å². The number of carbonyl (C=O) groups is 2. The van der Waals surface area contributed by atoms with Gasteiger partial charge in [0.05, 0.1) is 16.4 Å². The third-order valence-corrected chi connectivity index (χ3v) is 4.61. The first-order valence-electron chi connectivity index (χ1n) is 8.05. The number of nitrogens with zero attached hydrogens (tertiary/aromatic N) is 3. The summed E-state index contributed by atoms with van der Waals surface area (Å²) in [6.07, 6.45) is 0. The van der Waals surface area contributed by atoms with E-state index in [4.69, 9.17) is 34.8 Å². The molecule has 0 fully saturated rings. The van der Waals surface area contributed by atoms with Crippen molar-refractivity contribution < 1.29 is 9.59 Å². The van der Waals surface area contributed by atoms with Gasteiger partial charge in [-0.05, 0) is 49.4 Å². The van der Waals surface area contributed by atoms with Gasteiger partial charge < -0.3 is 10.6 Å². The number of benzene rings is 2. The Morgan fingerprint density at radius 3 is 2.39 bits per heavy atom. The summed E-state index contributed by atoms with van der Waals surface area (Å²) in [4.78, 5) is 24.7. The molecule has 1 aromatic heterocycles. The molecule has 0 aliphatic heterocycles. The molecule has 7 nitrogen and oxygen atoms in total. The second kappa shape index (κ2) is 8.60. The third-order valence-electron chi connectivity index (χ3n) is 3.80. The zero-order valence-corrected chi connectivity index (χ0v) is 16.8. The third kappa shape index (κ3) is 4.81. The fourth-order valence-electron chi connectivity index (χ4n) is 2.36. The van der Waals surface area contributed by atoms with E-state index in [1.807, 2.05) is 0 Å². The molecule has 0 bridgehead atoms. The Labute approximate surface area is 175 Å². The highest BCUT2D eigenvalue weighted by atomic mass is 35.5. The molecule has 2 N–H and O–H groups in total. The molecule has 2 aromatic carbocycles. The Bertz CT molecular complexity index is 1030. The van der Waals surface area contributed by atoms with Crippen molar-refractivity contribution in [1.82, 2.24) is 15.0 Å². The van der Waals surface area contributed by atoms with Crippen LogP contribution in [0.1, 0.15) is 16.2 Å². The van der Waals surface area contributed by atoms with Gasteiger partial charge in [-0.3, -0.25) is 9.59 Å². The number of halogens is 3. The zero-order valence-electron chi connectivity index (χ0n) is 14.5. The maximum atomic E-state index is 12.5. The molecule has 0 aliphatic carbocycles. The highest BCUT2D eigenvalue weighted by Gasteiger charge is 2.19. The minimum absolute atomic E-state index is 0.0790. The largest absolute Gasteiger partial charge is 0.324 e. The predicted octanol–water partition coefficient (Wildman–Crippen LogP) is 4.44. The molecule has 0 aliphatic rings. The van der Waals surface area contributed by atoms with Gasteiger partial charge in [-0.1, -0.05) is 40.0 Å². The van der Waals surface area contributed by atoms with Crippen molar-refractivity contribution in [3.8, 4) is 0 Å². The second-order valence-electron chi connectivity index (χ2n) is 5.81. The molecule has 0 saturated heterocycles. The number of nitrogens with one attached hydrogen (secondary N) is 2. The number of anilines is 2. The molecule has 3 aromatic rings.